The average molecular weight is 425 g/mol. The lowest BCUT2D eigenvalue weighted by Crippen LogP contribution is -2.46. The van der Waals surface area contributed by atoms with Crippen molar-refractivity contribution in [2.45, 2.75) is 24.9 Å². The molecule has 0 fully saturated rings. The van der Waals surface area contributed by atoms with Gasteiger partial charge < -0.3 is 10.4 Å². The fraction of sp³-hybridized carbons (Fsp3) is 0.190. The maximum absolute atomic E-state index is 14.2. The van der Waals surface area contributed by atoms with Gasteiger partial charge in [0.05, 0.1) is 5.69 Å². The van der Waals surface area contributed by atoms with Crippen LogP contribution < -0.4 is 5.32 Å². The topological polar surface area (TPSA) is 49.3 Å². The monoisotopic (exact) mass is 425 g/mol. The van der Waals surface area contributed by atoms with E-state index in [4.69, 9.17) is 0 Å². The van der Waals surface area contributed by atoms with Crippen LogP contribution in [0.15, 0.2) is 48.5 Å². The zero-order valence-electron chi connectivity index (χ0n) is 15.2. The van der Waals surface area contributed by atoms with Crippen LogP contribution in [0.1, 0.15) is 27.0 Å². The Hall–Kier alpha value is -3.07. The third-order valence-electron chi connectivity index (χ3n) is 5.17. The van der Waals surface area contributed by atoms with E-state index in [1.165, 1.54) is 43.3 Å². The van der Waals surface area contributed by atoms with E-state index in [9.17, 15) is 36.2 Å². The number of anilines is 2. The van der Waals surface area contributed by atoms with Crippen molar-refractivity contribution in [3.8, 4) is 0 Å². The van der Waals surface area contributed by atoms with Crippen LogP contribution >= 0.6 is 0 Å². The summed E-state index contributed by atoms with van der Waals surface area (Å²) in [5.41, 5.74) is -5.82. The van der Waals surface area contributed by atoms with Gasteiger partial charge in [0.25, 0.3) is 5.78 Å². The number of aliphatic hydroxyl groups is 1. The Kier molecular flexibility index (Phi) is 4.19. The fourth-order valence-electron chi connectivity index (χ4n) is 3.79. The van der Waals surface area contributed by atoms with Crippen molar-refractivity contribution in [1.82, 2.24) is 0 Å². The number of hydrogen-bond donors (Lipinski definition) is 2. The third-order valence-corrected chi connectivity index (χ3v) is 5.17. The summed E-state index contributed by atoms with van der Waals surface area (Å²) in [6, 6.07) is 9.79. The number of carbonyl (C=O) groups is 1. The van der Waals surface area contributed by atoms with Crippen molar-refractivity contribution in [3.05, 3.63) is 70.8 Å². The van der Waals surface area contributed by atoms with Crippen molar-refractivity contribution < 1.29 is 36.2 Å². The number of halogens is 6. The first-order chi connectivity index (χ1) is 13.9. The molecule has 9 heteroatoms. The number of carbonyl (C=O) groups excluding carboxylic acids is 1. The number of Topliss-reactive ketones (excluding diaryl/α,β-unsaturated/α-hetero) is 1. The van der Waals surface area contributed by atoms with Crippen molar-refractivity contribution in [2.75, 3.05) is 5.32 Å². The second-order valence-electron chi connectivity index (χ2n) is 7.10. The van der Waals surface area contributed by atoms with E-state index in [0.29, 0.717) is 11.6 Å². The van der Waals surface area contributed by atoms with Crippen LogP contribution in [-0.4, -0.2) is 23.2 Å². The first-order valence-corrected chi connectivity index (χ1v) is 8.70. The molecule has 0 saturated carbocycles. The van der Waals surface area contributed by atoms with E-state index in [0.717, 1.165) is 6.07 Å². The summed E-state index contributed by atoms with van der Waals surface area (Å²) in [4.78, 5) is 12.0. The molecule has 0 spiro atoms. The fourth-order valence-corrected chi connectivity index (χ4v) is 3.79. The number of nitrogens with one attached hydrogen (secondary N) is 1. The Labute approximate surface area is 165 Å². The summed E-state index contributed by atoms with van der Waals surface area (Å²) in [7, 11) is 0. The molecule has 0 radical (unpaired) electrons. The van der Waals surface area contributed by atoms with Crippen LogP contribution in [0.2, 0.25) is 0 Å². The van der Waals surface area contributed by atoms with Crippen molar-refractivity contribution >= 4 is 27.9 Å². The summed E-state index contributed by atoms with van der Waals surface area (Å²) in [5.74, 6) is -2.29. The molecule has 0 aromatic heterocycles. The lowest BCUT2D eigenvalue weighted by Gasteiger charge is -2.39. The van der Waals surface area contributed by atoms with Gasteiger partial charge >= 0.3 is 12.4 Å². The number of fused-ring (bicyclic) bond motifs is 4. The molecule has 0 amide bonds. The number of benzene rings is 3. The quantitative estimate of drug-likeness (QED) is 0.386. The second-order valence-corrected chi connectivity index (χ2v) is 7.10. The van der Waals surface area contributed by atoms with Gasteiger partial charge in [0.1, 0.15) is 0 Å². The summed E-state index contributed by atoms with van der Waals surface area (Å²) in [6.45, 7) is 1.52. The molecular formula is C21H13F6NO2. The van der Waals surface area contributed by atoms with Gasteiger partial charge in [0.15, 0.2) is 0 Å². The molecule has 3 aromatic carbocycles. The molecule has 2 N–H and O–H groups in total. The number of alkyl halides is 6. The van der Waals surface area contributed by atoms with Crippen LogP contribution in [0, 0.1) is 6.92 Å². The smallest absolute Gasteiger partial charge is 0.372 e. The molecule has 3 nitrogen and oxygen atoms in total. The minimum Gasteiger partial charge on any atom is -0.372 e. The van der Waals surface area contributed by atoms with Crippen LogP contribution in [-0.2, 0) is 5.60 Å². The van der Waals surface area contributed by atoms with Gasteiger partial charge in [-0.25, -0.2) is 0 Å². The highest BCUT2D eigenvalue weighted by Crippen LogP contribution is 2.54. The Balaban J connectivity index is 2.15. The molecule has 1 heterocycles. The van der Waals surface area contributed by atoms with Gasteiger partial charge in [-0.1, -0.05) is 42.0 Å². The van der Waals surface area contributed by atoms with Crippen LogP contribution in [0.25, 0.3) is 10.8 Å². The Morgan fingerprint density at radius 2 is 1.57 bits per heavy atom. The second kappa shape index (κ2) is 6.21. The zero-order valence-corrected chi connectivity index (χ0v) is 15.2. The average Bonchev–Trinajstić information content (AvgIpc) is 2.66. The number of rotatable bonds is 1. The van der Waals surface area contributed by atoms with E-state index in [1.807, 2.05) is 0 Å². The van der Waals surface area contributed by atoms with E-state index in [-0.39, 0.29) is 22.1 Å². The Morgan fingerprint density at radius 3 is 2.17 bits per heavy atom. The van der Waals surface area contributed by atoms with Crippen molar-refractivity contribution in [3.63, 3.8) is 0 Å². The first kappa shape index (κ1) is 20.2. The largest absolute Gasteiger partial charge is 0.454 e. The van der Waals surface area contributed by atoms with Gasteiger partial charge in [-0.05, 0) is 24.4 Å². The highest BCUT2D eigenvalue weighted by Gasteiger charge is 2.60. The lowest BCUT2D eigenvalue weighted by molar-refractivity contribution is -0.248. The lowest BCUT2D eigenvalue weighted by atomic mass is 9.78. The van der Waals surface area contributed by atoms with Crippen LogP contribution in [0.3, 0.4) is 0 Å². The molecular weight excluding hydrogens is 412 g/mol. The summed E-state index contributed by atoms with van der Waals surface area (Å²) in [5, 5.41) is 13.5. The molecule has 1 aliphatic heterocycles. The van der Waals surface area contributed by atoms with E-state index in [2.05, 4.69) is 5.32 Å². The molecule has 0 saturated heterocycles. The van der Waals surface area contributed by atoms with Gasteiger partial charge in [-0.3, -0.25) is 4.79 Å². The van der Waals surface area contributed by atoms with E-state index in [1.54, 1.807) is 0 Å². The predicted molar refractivity (Wildman–Crippen MR) is 97.8 cm³/mol. The number of ketones is 1. The van der Waals surface area contributed by atoms with Gasteiger partial charge in [0, 0.05) is 27.8 Å². The van der Waals surface area contributed by atoms with Gasteiger partial charge in [0.2, 0.25) is 5.60 Å². The minimum atomic E-state index is -5.30. The van der Waals surface area contributed by atoms with Crippen LogP contribution in [0.5, 0.6) is 0 Å². The molecule has 1 atom stereocenters. The van der Waals surface area contributed by atoms with Gasteiger partial charge in [-0.15, -0.1) is 0 Å². The molecule has 1 unspecified atom stereocenters. The molecule has 1 aliphatic rings. The summed E-state index contributed by atoms with van der Waals surface area (Å²) in [6.07, 6.45) is -10.6. The highest BCUT2D eigenvalue weighted by atomic mass is 19.4. The van der Waals surface area contributed by atoms with E-state index < -0.39 is 40.4 Å². The van der Waals surface area contributed by atoms with Crippen molar-refractivity contribution in [1.29, 1.82) is 0 Å². The predicted octanol–water partition coefficient (Wildman–Crippen LogP) is 5.75. The Bertz CT molecular complexity index is 1200. The maximum Gasteiger partial charge on any atom is 0.454 e. The molecule has 3 aromatic rings. The minimum absolute atomic E-state index is 0.0343. The summed E-state index contributed by atoms with van der Waals surface area (Å²) < 4.78 is 82.1. The molecule has 4 rings (SSSR count). The molecule has 30 heavy (non-hydrogen) atoms. The molecule has 156 valence electrons. The number of aryl methyl sites for hydroxylation is 1. The SMILES string of the molecule is Cc1ccc2c(c1)C(O)(C(F)(F)F)c1cc(C(=O)C(F)(F)F)c3ccccc3c1N2. The van der Waals surface area contributed by atoms with Gasteiger partial charge in [-0.2, -0.15) is 26.3 Å². The molecule has 0 bridgehead atoms. The zero-order chi connectivity index (χ0) is 22.1. The van der Waals surface area contributed by atoms with E-state index >= 15 is 0 Å². The highest BCUT2D eigenvalue weighted by molar-refractivity contribution is 6.14. The standard InChI is InChI=1S/C21H13F6NO2/c1-10-6-7-16-14(8-10)19(30,21(25,26)27)15-9-13(18(29)20(22,23)24)11-4-2-3-5-12(11)17(15)28-16/h2-9,28,30H,1H3. The maximum atomic E-state index is 14.2. The normalized spacial score (nSPS) is 18.5. The molecule has 0 aliphatic carbocycles. The summed E-state index contributed by atoms with van der Waals surface area (Å²) >= 11 is 0. The third kappa shape index (κ3) is 2.76. The van der Waals surface area contributed by atoms with Crippen molar-refractivity contribution in [2.24, 2.45) is 0 Å². The Morgan fingerprint density at radius 1 is 0.933 bits per heavy atom. The van der Waals surface area contributed by atoms with Crippen LogP contribution in [0.4, 0.5) is 37.7 Å². The first-order valence-electron chi connectivity index (χ1n) is 8.70. The number of hydrogen-bond acceptors (Lipinski definition) is 3.